The largest absolute Gasteiger partial charge is 0.303 e. The third-order valence-electron chi connectivity index (χ3n) is 4.95. The predicted molar refractivity (Wildman–Crippen MR) is 87.1 cm³/mol. The maximum Gasteiger partial charge on any atom is 0.0965 e. The van der Waals surface area contributed by atoms with Gasteiger partial charge in [0.2, 0.25) is 0 Å². The smallest absolute Gasteiger partial charge is 0.0965 e. The molecular weight excluding hydrogens is 260 g/mol. The molecule has 0 aromatic rings. The number of nitrogens with zero attached hydrogens (tertiary/aromatic N) is 3. The Labute approximate surface area is 130 Å². The zero-order valence-electron chi connectivity index (χ0n) is 13.7. The Morgan fingerprint density at radius 3 is 2.48 bits per heavy atom. The van der Waals surface area contributed by atoms with Crippen LogP contribution in [0.15, 0.2) is 0 Å². The first-order chi connectivity index (χ1) is 10.3. The summed E-state index contributed by atoms with van der Waals surface area (Å²) in [4.78, 5) is 5.21. The third kappa shape index (κ3) is 5.94. The number of rotatable bonds is 8. The van der Waals surface area contributed by atoms with Gasteiger partial charge in [0, 0.05) is 13.1 Å². The fourth-order valence-electron chi connectivity index (χ4n) is 3.57. The van der Waals surface area contributed by atoms with Crippen molar-refractivity contribution in [2.75, 3.05) is 45.8 Å². The van der Waals surface area contributed by atoms with Crippen LogP contribution < -0.4 is 5.32 Å². The zero-order chi connectivity index (χ0) is 14.9. The number of piperidine rings is 1. The normalized spacial score (nSPS) is 23.2. The van der Waals surface area contributed by atoms with E-state index >= 15 is 0 Å². The summed E-state index contributed by atoms with van der Waals surface area (Å²) in [7, 11) is 0. The van der Waals surface area contributed by atoms with E-state index in [4.69, 9.17) is 5.26 Å². The van der Waals surface area contributed by atoms with Gasteiger partial charge in [0.15, 0.2) is 0 Å². The Bertz CT molecular complexity index is 311. The molecule has 2 saturated heterocycles. The summed E-state index contributed by atoms with van der Waals surface area (Å²) in [5.74, 6) is 0.907. The predicted octanol–water partition coefficient (Wildman–Crippen LogP) is 2.08. The molecule has 4 nitrogen and oxygen atoms in total. The highest BCUT2D eigenvalue weighted by molar-refractivity contribution is 4.90. The molecule has 2 rings (SSSR count). The van der Waals surface area contributed by atoms with Crippen molar-refractivity contribution in [2.45, 2.75) is 51.5 Å². The Morgan fingerprint density at radius 2 is 1.86 bits per heavy atom. The first kappa shape index (κ1) is 16.7. The van der Waals surface area contributed by atoms with E-state index in [-0.39, 0.29) is 6.04 Å². The Morgan fingerprint density at radius 1 is 1.14 bits per heavy atom. The number of hydrogen-bond acceptors (Lipinski definition) is 4. The first-order valence-electron chi connectivity index (χ1n) is 8.89. The molecule has 0 aromatic heterocycles. The molecule has 21 heavy (non-hydrogen) atoms. The lowest BCUT2D eigenvalue weighted by Gasteiger charge is -2.34. The molecule has 2 fully saturated rings. The van der Waals surface area contributed by atoms with Gasteiger partial charge in [0.05, 0.1) is 12.1 Å². The van der Waals surface area contributed by atoms with Crippen LogP contribution in [0.2, 0.25) is 0 Å². The van der Waals surface area contributed by atoms with Gasteiger partial charge >= 0.3 is 0 Å². The summed E-state index contributed by atoms with van der Waals surface area (Å²) in [5.41, 5.74) is 0. The van der Waals surface area contributed by atoms with E-state index in [2.05, 4.69) is 28.1 Å². The second-order valence-corrected chi connectivity index (χ2v) is 6.72. The van der Waals surface area contributed by atoms with Crippen molar-refractivity contribution in [3.05, 3.63) is 0 Å². The molecule has 0 spiro atoms. The lowest BCUT2D eigenvalue weighted by molar-refractivity contribution is 0.151. The molecule has 0 aliphatic carbocycles. The van der Waals surface area contributed by atoms with Crippen LogP contribution in [0.5, 0.6) is 0 Å². The summed E-state index contributed by atoms with van der Waals surface area (Å²) < 4.78 is 0. The highest BCUT2D eigenvalue weighted by Crippen LogP contribution is 2.20. The summed E-state index contributed by atoms with van der Waals surface area (Å²) in [6.45, 7) is 10.6. The molecule has 2 aliphatic rings. The topological polar surface area (TPSA) is 42.3 Å². The molecule has 2 heterocycles. The maximum absolute atomic E-state index is 9.15. The minimum absolute atomic E-state index is 0.0345. The fourth-order valence-corrected chi connectivity index (χ4v) is 3.57. The van der Waals surface area contributed by atoms with Gasteiger partial charge in [-0.05, 0) is 77.2 Å². The van der Waals surface area contributed by atoms with Crippen molar-refractivity contribution in [2.24, 2.45) is 5.92 Å². The molecule has 1 unspecified atom stereocenters. The van der Waals surface area contributed by atoms with Gasteiger partial charge in [0.1, 0.15) is 0 Å². The minimum atomic E-state index is 0.0345. The van der Waals surface area contributed by atoms with Crippen molar-refractivity contribution >= 4 is 0 Å². The van der Waals surface area contributed by atoms with Gasteiger partial charge in [-0.25, -0.2) is 0 Å². The van der Waals surface area contributed by atoms with Crippen LogP contribution in [0.3, 0.4) is 0 Å². The van der Waals surface area contributed by atoms with Gasteiger partial charge in [-0.1, -0.05) is 6.92 Å². The monoisotopic (exact) mass is 292 g/mol. The van der Waals surface area contributed by atoms with Crippen molar-refractivity contribution in [3.8, 4) is 6.07 Å². The van der Waals surface area contributed by atoms with Crippen LogP contribution in [0.1, 0.15) is 45.4 Å². The summed E-state index contributed by atoms with van der Waals surface area (Å²) in [5, 5.41) is 12.5. The minimum Gasteiger partial charge on any atom is -0.303 e. The third-order valence-corrected chi connectivity index (χ3v) is 4.95. The summed E-state index contributed by atoms with van der Waals surface area (Å²) in [6, 6.07) is 2.42. The van der Waals surface area contributed by atoms with Crippen LogP contribution in [0, 0.1) is 17.2 Å². The van der Waals surface area contributed by atoms with Gasteiger partial charge in [-0.2, -0.15) is 5.26 Å². The highest BCUT2D eigenvalue weighted by atomic mass is 15.2. The highest BCUT2D eigenvalue weighted by Gasteiger charge is 2.23. The van der Waals surface area contributed by atoms with E-state index < -0.39 is 0 Å². The van der Waals surface area contributed by atoms with E-state index in [1.165, 1.54) is 58.4 Å². The Hall–Kier alpha value is -0.630. The van der Waals surface area contributed by atoms with Crippen molar-refractivity contribution in [1.29, 1.82) is 5.26 Å². The Balaban J connectivity index is 1.59. The van der Waals surface area contributed by atoms with E-state index in [1.807, 2.05) is 0 Å². The number of nitrogens with one attached hydrogen (secondary N) is 1. The van der Waals surface area contributed by atoms with Gasteiger partial charge in [-0.3, -0.25) is 0 Å². The molecule has 2 aliphatic heterocycles. The molecule has 0 aromatic carbocycles. The quantitative estimate of drug-likeness (QED) is 0.744. The number of hydrogen-bond donors (Lipinski definition) is 1. The number of likely N-dealkylation sites (tertiary alicyclic amines) is 2. The molecule has 0 saturated carbocycles. The van der Waals surface area contributed by atoms with E-state index in [0.29, 0.717) is 0 Å². The van der Waals surface area contributed by atoms with Crippen LogP contribution >= 0.6 is 0 Å². The molecule has 120 valence electrons. The maximum atomic E-state index is 9.15. The molecule has 0 amide bonds. The standard InChI is InChI=1S/C17H32N4/c1-2-8-19-17(14-18)7-13-20-11-5-16(6-12-20)15-21-9-3-4-10-21/h16-17,19H,2-13,15H2,1H3. The van der Waals surface area contributed by atoms with Crippen LogP contribution in [0.25, 0.3) is 0 Å². The zero-order valence-corrected chi connectivity index (χ0v) is 13.7. The molecule has 0 radical (unpaired) electrons. The SMILES string of the molecule is CCCNC(C#N)CCN1CCC(CN2CCCC2)CC1. The average molecular weight is 292 g/mol. The van der Waals surface area contributed by atoms with Crippen molar-refractivity contribution < 1.29 is 0 Å². The average Bonchev–Trinajstić information content (AvgIpc) is 3.02. The van der Waals surface area contributed by atoms with Crippen molar-refractivity contribution in [3.63, 3.8) is 0 Å². The molecular formula is C17H32N4. The van der Waals surface area contributed by atoms with Gasteiger partial charge < -0.3 is 15.1 Å². The van der Waals surface area contributed by atoms with E-state index in [1.54, 1.807) is 0 Å². The van der Waals surface area contributed by atoms with E-state index in [9.17, 15) is 0 Å². The first-order valence-corrected chi connectivity index (χ1v) is 8.89. The summed E-state index contributed by atoms with van der Waals surface area (Å²) >= 11 is 0. The van der Waals surface area contributed by atoms with Gasteiger partial charge in [0.25, 0.3) is 0 Å². The lowest BCUT2D eigenvalue weighted by Crippen LogP contribution is -2.40. The Kier molecular flexibility index (Phi) is 7.49. The van der Waals surface area contributed by atoms with Gasteiger partial charge in [-0.15, -0.1) is 0 Å². The van der Waals surface area contributed by atoms with Crippen LogP contribution in [-0.4, -0.2) is 61.7 Å². The summed E-state index contributed by atoms with van der Waals surface area (Å²) in [6.07, 6.45) is 7.55. The van der Waals surface area contributed by atoms with Crippen LogP contribution in [-0.2, 0) is 0 Å². The second kappa shape index (κ2) is 9.40. The second-order valence-electron chi connectivity index (χ2n) is 6.72. The fraction of sp³-hybridized carbons (Fsp3) is 0.941. The van der Waals surface area contributed by atoms with Crippen molar-refractivity contribution in [1.82, 2.24) is 15.1 Å². The lowest BCUT2D eigenvalue weighted by atomic mass is 9.96. The number of nitriles is 1. The van der Waals surface area contributed by atoms with E-state index in [0.717, 1.165) is 31.8 Å². The molecule has 4 heteroatoms. The molecule has 1 atom stereocenters. The molecule has 1 N–H and O–H groups in total. The molecule has 0 bridgehead atoms. The van der Waals surface area contributed by atoms with Crippen LogP contribution in [0.4, 0.5) is 0 Å².